The Morgan fingerprint density at radius 1 is 0.455 bits per heavy atom. The molecule has 1 aliphatic heterocycles. The molecule has 16 aromatic rings. The maximum atomic E-state index is 11.9. The molecule has 21 rings (SSSR count). The summed E-state index contributed by atoms with van der Waals surface area (Å²) in [5, 5.41) is 35.1. The van der Waals surface area contributed by atoms with Crippen molar-refractivity contribution in [2.75, 3.05) is 19.5 Å². The Kier molecular flexibility index (Phi) is 26.7. The van der Waals surface area contributed by atoms with Crippen LogP contribution in [0.3, 0.4) is 0 Å². The summed E-state index contributed by atoms with van der Waals surface area (Å²) in [6, 6.07) is 87.2. The fourth-order valence-electron chi connectivity index (χ4n) is 15.0. The van der Waals surface area contributed by atoms with Crippen molar-refractivity contribution in [3.8, 4) is 29.3 Å². The first-order valence-corrected chi connectivity index (χ1v) is 45.0. The van der Waals surface area contributed by atoms with E-state index in [1.54, 1.807) is 45.3 Å². The second kappa shape index (κ2) is 36.4. The largest absolute Gasteiger partial charge is 1.00 e. The molecule has 550 valence electrons. The van der Waals surface area contributed by atoms with Crippen LogP contribution in [0.4, 0.5) is 0 Å². The van der Waals surface area contributed by atoms with E-state index in [9.17, 15) is 18.3 Å². The van der Waals surface area contributed by atoms with Gasteiger partial charge >= 0.3 is 18.9 Å². The summed E-state index contributed by atoms with van der Waals surface area (Å²) in [5.74, 6) is 0.197. The minimum atomic E-state index is -3.67. The molecule has 4 aliphatic carbocycles. The summed E-state index contributed by atoms with van der Waals surface area (Å²) >= 11 is 28.7. The maximum absolute atomic E-state index is 11.9. The number of ketones is 1. The monoisotopic (exact) mass is 1690 g/mol. The van der Waals surface area contributed by atoms with Crippen molar-refractivity contribution in [2.24, 2.45) is 0 Å². The summed E-state index contributed by atoms with van der Waals surface area (Å²) in [4.78, 5) is 19.3. The van der Waals surface area contributed by atoms with Crippen LogP contribution in [0.5, 0.6) is 0 Å². The van der Waals surface area contributed by atoms with Crippen molar-refractivity contribution in [3.63, 3.8) is 0 Å². The fourth-order valence-corrected chi connectivity index (χ4v) is 21.6. The number of unbranched alkanes of at least 4 members (excludes halogenated alkanes) is 1. The van der Waals surface area contributed by atoms with Crippen molar-refractivity contribution < 1.29 is 46.5 Å². The van der Waals surface area contributed by atoms with E-state index in [0.717, 1.165) is 76.5 Å². The minimum Gasteiger partial charge on any atom is -0.381 e. The quantitative estimate of drug-likeness (QED) is 0.0744. The number of hydrogen-bond donors (Lipinski definition) is 2. The van der Waals surface area contributed by atoms with Gasteiger partial charge < -0.3 is 16.8 Å². The molecule has 18 heteroatoms. The fraction of sp³-hybridized carbons (Fsp3) is 0.152. The van der Waals surface area contributed by atoms with E-state index in [4.69, 9.17) is 44.1 Å². The molecule has 110 heavy (non-hydrogen) atoms. The molecular weight excluding hydrogens is 1620 g/mol. The summed E-state index contributed by atoms with van der Waals surface area (Å²) in [5.41, 5.74) is 17.5. The molecule has 0 saturated carbocycles. The van der Waals surface area contributed by atoms with Gasteiger partial charge in [-0.05, 0) is 229 Å². The maximum Gasteiger partial charge on any atom is 1.00 e. The van der Waals surface area contributed by atoms with Crippen LogP contribution in [0, 0.1) is 6.92 Å². The topological polar surface area (TPSA) is 101 Å². The van der Waals surface area contributed by atoms with Gasteiger partial charge in [-0.2, -0.15) is 14.8 Å². The summed E-state index contributed by atoms with van der Waals surface area (Å²) < 4.78 is 31.2. The first-order valence-electron chi connectivity index (χ1n) is 35.7. The van der Waals surface area contributed by atoms with Gasteiger partial charge in [0.05, 0.1) is 31.2 Å². The van der Waals surface area contributed by atoms with Gasteiger partial charge in [0.2, 0.25) is 0 Å². The number of hydrogen-bond acceptors (Lipinski definition) is 11. The van der Waals surface area contributed by atoms with Gasteiger partial charge in [-0.15, -0.1) is 68.0 Å². The number of fused-ring (bicyclic) bond motifs is 19. The van der Waals surface area contributed by atoms with Gasteiger partial charge in [0.15, 0.2) is 10.1 Å². The number of carbonyl (C=O) groups is 1. The van der Waals surface area contributed by atoms with Crippen LogP contribution in [0.1, 0.15) is 121 Å². The normalized spacial score (nSPS) is 13.5. The average Bonchev–Trinajstić information content (AvgIpc) is 1.47. The second-order valence-electron chi connectivity index (χ2n) is 26.8. The third-order valence-corrected chi connectivity index (χ3v) is 26.5. The molecule has 0 bridgehead atoms. The molecule has 6 nitrogen and oxygen atoms in total. The predicted octanol–water partition coefficient (Wildman–Crippen LogP) is 24.3. The number of rotatable bonds is 6. The second-order valence-corrected chi connectivity index (χ2v) is 36.6. The Morgan fingerprint density at radius 3 is 1.29 bits per heavy atom. The van der Waals surface area contributed by atoms with Crippen molar-refractivity contribution in [1.29, 1.82) is 0 Å². The van der Waals surface area contributed by atoms with E-state index in [1.807, 2.05) is 57.7 Å². The molecule has 2 N–H and O–H groups in total. The van der Waals surface area contributed by atoms with Gasteiger partial charge in [0.1, 0.15) is 5.60 Å². The molecule has 0 atom stereocenters. The van der Waals surface area contributed by atoms with Gasteiger partial charge in [0.25, 0.3) is 10.1 Å². The van der Waals surface area contributed by atoms with E-state index >= 15 is 0 Å². The first-order chi connectivity index (χ1) is 52.9. The number of benzene rings is 10. The molecular formula is C92H75BrCl3LiO6S7. The number of halogens is 4. The zero-order valence-electron chi connectivity index (χ0n) is 60.6. The SMILES string of the molecule is Brc1cc2ccccc2cc1Cc1ccc2ccccc2c1.C1CCOC1.CS(=O)(=O)O.ClC(Cl)Cl.O=C1c2ccsc2-c2sccc21.OC1(c2ccccc2Cc2ccccc2)c2ccsc2-c2sccc21.[CH2-]CCC.[Li+].c1ccc2cc3c(cc2c1)Cc1cc2ccccc2cc1C31c2ccsc2-c2sccc21. The predicted molar refractivity (Wildman–Crippen MR) is 471 cm³/mol. The Labute approximate surface area is 702 Å². The number of aliphatic hydroxyl groups is 1. The molecule has 7 heterocycles. The van der Waals surface area contributed by atoms with E-state index in [1.165, 1.54) is 142 Å². The van der Waals surface area contributed by atoms with Gasteiger partial charge in [-0.3, -0.25) is 9.35 Å². The Hall–Kier alpha value is -7.11. The number of ether oxygens (including phenoxy) is 1. The molecule has 1 saturated heterocycles. The number of carbonyl (C=O) groups excluding carboxylic acids is 1. The van der Waals surface area contributed by atoms with Crippen LogP contribution in [0.2, 0.25) is 0 Å². The molecule has 0 amide bonds. The zero-order chi connectivity index (χ0) is 75.8. The van der Waals surface area contributed by atoms with Crippen LogP contribution < -0.4 is 18.9 Å². The first kappa shape index (κ1) is 80.9. The number of thiophene rings is 6. The van der Waals surface area contributed by atoms with Crippen LogP contribution in [-0.2, 0) is 45.1 Å². The van der Waals surface area contributed by atoms with Gasteiger partial charge in [-0.1, -0.05) is 246 Å². The minimum absolute atomic E-state index is 0. The van der Waals surface area contributed by atoms with E-state index in [-0.39, 0.29) is 30.1 Å². The van der Waals surface area contributed by atoms with Crippen molar-refractivity contribution in [1.82, 2.24) is 0 Å². The van der Waals surface area contributed by atoms with Crippen molar-refractivity contribution in [2.45, 2.75) is 67.2 Å². The molecule has 6 aromatic heterocycles. The Morgan fingerprint density at radius 2 is 0.827 bits per heavy atom. The van der Waals surface area contributed by atoms with Crippen LogP contribution in [-0.4, -0.2) is 47.6 Å². The molecule has 10 aromatic carbocycles. The molecule has 0 unspecified atom stereocenters. The standard InChI is InChI=1S/C30H18S2.C22H16OS2.C21H15Br.C9H4OS2.C4H8O.C4H9.CHCl3.CH4O3S.Li/c1-3-7-20-16-26-22(13-18(20)5-1)15-23-14-19-6-2-4-8-21(19)17-27(23)30(26)24-9-11-31-28(24)29-25(30)10-12-32-29;23-22(18-10-12-24-20(18)21-19(22)11-13-25-21)17-9-5-4-8-16(17)14-15-6-2-1-3-7-15;22-21-14-19-8-4-3-7-18(19)13-20(21)12-15-9-10-16-5-1-2-6-17(16)11-15;10-7-5-1-3-11-8(5)9-6(7)2-4-12-9;1-2-4-5-3-1;1-3-4-2;2-1(3)4;1-5(2,3)4;/h1-14,16-17H,15H2;1-13,23H,14H2;1-11,13-14H,12H2;1-4H;1-4H2;1,3-4H2,2H3;1H;1H3,(H,2,3,4);/q;;;;;-1;;;+1. The third kappa shape index (κ3) is 17.3. The molecule has 0 radical (unpaired) electrons. The van der Waals surface area contributed by atoms with Gasteiger partial charge in [-0.25, -0.2) is 0 Å². The molecule has 1 fully saturated rings. The Balaban J connectivity index is 0.000000123. The van der Waals surface area contributed by atoms with E-state index in [2.05, 4.69) is 270 Å². The van der Waals surface area contributed by atoms with E-state index < -0.39 is 20.0 Å². The Bertz CT molecular complexity index is 5780. The van der Waals surface area contributed by atoms with Crippen LogP contribution in [0.25, 0.3) is 72.4 Å². The summed E-state index contributed by atoms with van der Waals surface area (Å²) in [7, 11) is -3.67. The smallest absolute Gasteiger partial charge is 0.381 e. The van der Waals surface area contributed by atoms with Crippen LogP contribution >= 0.6 is 119 Å². The van der Waals surface area contributed by atoms with Crippen molar-refractivity contribution >= 4 is 178 Å². The average molecular weight is 1690 g/mol. The zero-order valence-corrected chi connectivity index (χ0v) is 70.2. The number of alkyl halides is 3. The van der Waals surface area contributed by atoms with E-state index in [0.29, 0.717) is 6.26 Å². The molecule has 1 spiro atoms. The van der Waals surface area contributed by atoms with Crippen LogP contribution in [0.15, 0.2) is 279 Å². The third-order valence-electron chi connectivity index (χ3n) is 19.8. The molecule has 5 aliphatic rings. The van der Waals surface area contributed by atoms with Gasteiger partial charge in [0, 0.05) is 49.7 Å². The summed E-state index contributed by atoms with van der Waals surface area (Å²) in [6.45, 7) is 7.72. The summed E-state index contributed by atoms with van der Waals surface area (Å²) in [6.07, 6.45) is 8.29. The van der Waals surface area contributed by atoms with Crippen molar-refractivity contribution in [3.05, 3.63) is 370 Å².